The van der Waals surface area contributed by atoms with Crippen molar-refractivity contribution in [3.05, 3.63) is 34.2 Å². The number of benzene rings is 1. The molecule has 0 saturated heterocycles. The van der Waals surface area contributed by atoms with E-state index in [1.807, 2.05) is 18.2 Å². The molecule has 3 heteroatoms. The standard InChI is InChI=1S/C10H11BrFO/c1-7(6-12)8-3-4-10(13-2)9(11)5-8/h3-5H,6H2,1-2H3. The largest absolute Gasteiger partial charge is 0.496 e. The predicted molar refractivity (Wildman–Crippen MR) is 54.7 cm³/mol. The molecule has 0 aliphatic carbocycles. The van der Waals surface area contributed by atoms with Crippen molar-refractivity contribution in [3.8, 4) is 5.75 Å². The van der Waals surface area contributed by atoms with Crippen LogP contribution in [0.3, 0.4) is 0 Å². The summed E-state index contributed by atoms with van der Waals surface area (Å²) < 4.78 is 18.2. The summed E-state index contributed by atoms with van der Waals surface area (Å²) in [6.07, 6.45) is 0. The molecule has 1 aromatic carbocycles. The Morgan fingerprint density at radius 2 is 2.23 bits per heavy atom. The molecular weight excluding hydrogens is 235 g/mol. The molecule has 0 fully saturated rings. The Balaban J connectivity index is 2.95. The van der Waals surface area contributed by atoms with Crippen LogP contribution in [0.4, 0.5) is 4.39 Å². The van der Waals surface area contributed by atoms with E-state index in [1.165, 1.54) is 0 Å². The molecular formula is C10H11BrFO. The summed E-state index contributed by atoms with van der Waals surface area (Å²) in [4.78, 5) is 0. The van der Waals surface area contributed by atoms with Crippen molar-refractivity contribution >= 4 is 15.9 Å². The number of rotatable bonds is 3. The van der Waals surface area contributed by atoms with Gasteiger partial charge in [-0.2, -0.15) is 0 Å². The minimum Gasteiger partial charge on any atom is -0.496 e. The highest BCUT2D eigenvalue weighted by molar-refractivity contribution is 9.10. The zero-order chi connectivity index (χ0) is 9.84. The first-order valence-electron chi connectivity index (χ1n) is 3.91. The van der Waals surface area contributed by atoms with E-state index < -0.39 is 6.67 Å². The topological polar surface area (TPSA) is 9.23 Å². The van der Waals surface area contributed by atoms with Gasteiger partial charge < -0.3 is 4.74 Å². The Labute approximate surface area is 86.0 Å². The molecule has 1 rings (SSSR count). The van der Waals surface area contributed by atoms with Crippen molar-refractivity contribution in [2.75, 3.05) is 13.8 Å². The molecule has 0 atom stereocenters. The second kappa shape index (κ2) is 4.61. The number of methoxy groups -OCH3 is 1. The number of hydrogen-bond acceptors (Lipinski definition) is 1. The fraction of sp³-hybridized carbons (Fsp3) is 0.300. The summed E-state index contributed by atoms with van der Waals surface area (Å²) in [6.45, 7) is 1.35. The highest BCUT2D eigenvalue weighted by Gasteiger charge is 2.08. The third kappa shape index (κ3) is 2.44. The fourth-order valence-electron chi connectivity index (χ4n) is 1.01. The van der Waals surface area contributed by atoms with Crippen molar-refractivity contribution in [3.63, 3.8) is 0 Å². The lowest BCUT2D eigenvalue weighted by atomic mass is 10.0. The van der Waals surface area contributed by atoms with Crippen LogP contribution in [0.5, 0.6) is 5.75 Å². The van der Waals surface area contributed by atoms with E-state index >= 15 is 0 Å². The van der Waals surface area contributed by atoms with Gasteiger partial charge >= 0.3 is 0 Å². The molecule has 1 aromatic rings. The zero-order valence-corrected chi connectivity index (χ0v) is 9.19. The molecule has 0 bridgehead atoms. The summed E-state index contributed by atoms with van der Waals surface area (Å²) >= 11 is 3.34. The van der Waals surface area contributed by atoms with Crippen molar-refractivity contribution in [1.29, 1.82) is 0 Å². The average molecular weight is 246 g/mol. The maximum absolute atomic E-state index is 12.3. The van der Waals surface area contributed by atoms with E-state index in [9.17, 15) is 4.39 Å². The van der Waals surface area contributed by atoms with E-state index in [1.54, 1.807) is 14.0 Å². The molecule has 0 N–H and O–H groups in total. The first-order valence-corrected chi connectivity index (χ1v) is 4.70. The average Bonchev–Trinajstić information content (AvgIpc) is 2.16. The summed E-state index contributed by atoms with van der Waals surface area (Å²) in [5, 5.41) is 0. The van der Waals surface area contributed by atoms with Gasteiger partial charge in [0, 0.05) is 5.92 Å². The fourth-order valence-corrected chi connectivity index (χ4v) is 1.55. The van der Waals surface area contributed by atoms with Crippen molar-refractivity contribution in [2.45, 2.75) is 6.92 Å². The molecule has 0 aliphatic rings. The number of hydrogen-bond donors (Lipinski definition) is 0. The monoisotopic (exact) mass is 245 g/mol. The van der Waals surface area contributed by atoms with Crippen LogP contribution in [0, 0.1) is 5.92 Å². The molecule has 1 radical (unpaired) electrons. The second-order valence-corrected chi connectivity index (χ2v) is 3.62. The van der Waals surface area contributed by atoms with E-state index in [4.69, 9.17) is 4.74 Å². The van der Waals surface area contributed by atoms with Crippen molar-refractivity contribution < 1.29 is 9.13 Å². The Bertz CT molecular complexity index is 288. The summed E-state index contributed by atoms with van der Waals surface area (Å²) in [5.41, 5.74) is 0.898. The van der Waals surface area contributed by atoms with Crippen LogP contribution in [0.15, 0.2) is 22.7 Å². The van der Waals surface area contributed by atoms with Gasteiger partial charge in [0.15, 0.2) is 0 Å². The lowest BCUT2D eigenvalue weighted by Gasteiger charge is -2.09. The summed E-state index contributed by atoms with van der Waals surface area (Å²) in [6, 6.07) is 5.52. The lowest BCUT2D eigenvalue weighted by molar-refractivity contribution is 0.412. The van der Waals surface area contributed by atoms with Gasteiger partial charge in [0.2, 0.25) is 0 Å². The third-order valence-corrected chi connectivity index (χ3v) is 2.46. The van der Waals surface area contributed by atoms with E-state index in [0.717, 1.165) is 21.7 Å². The SMILES string of the molecule is COc1ccc([C](C)CF)cc1Br. The first-order chi connectivity index (χ1) is 6.19. The van der Waals surface area contributed by atoms with Crippen LogP contribution in [-0.2, 0) is 0 Å². The van der Waals surface area contributed by atoms with Gasteiger partial charge in [-0.3, -0.25) is 4.39 Å². The Kier molecular flexibility index (Phi) is 3.72. The van der Waals surface area contributed by atoms with Gasteiger partial charge in [0.25, 0.3) is 0 Å². The lowest BCUT2D eigenvalue weighted by Crippen LogP contribution is -1.96. The van der Waals surface area contributed by atoms with Gasteiger partial charge in [-0.05, 0) is 33.6 Å². The third-order valence-electron chi connectivity index (χ3n) is 1.85. The Morgan fingerprint density at radius 3 is 2.69 bits per heavy atom. The molecule has 0 saturated carbocycles. The van der Waals surface area contributed by atoms with Gasteiger partial charge in [-0.15, -0.1) is 0 Å². The molecule has 0 heterocycles. The second-order valence-electron chi connectivity index (χ2n) is 2.76. The first kappa shape index (κ1) is 10.5. The van der Waals surface area contributed by atoms with E-state index in [2.05, 4.69) is 15.9 Å². The van der Waals surface area contributed by atoms with Crippen LogP contribution in [0.2, 0.25) is 0 Å². The molecule has 0 aromatic heterocycles. The number of ether oxygens (including phenoxy) is 1. The highest BCUT2D eigenvalue weighted by Crippen LogP contribution is 2.28. The Hall–Kier alpha value is -0.570. The van der Waals surface area contributed by atoms with Gasteiger partial charge in [0.05, 0.1) is 18.3 Å². The van der Waals surface area contributed by atoms with Crippen LogP contribution < -0.4 is 4.74 Å². The summed E-state index contributed by atoms with van der Waals surface area (Å²) in [5.74, 6) is 1.48. The number of alkyl halides is 1. The van der Waals surface area contributed by atoms with Crippen LogP contribution in [-0.4, -0.2) is 13.8 Å². The molecule has 0 unspecified atom stereocenters. The molecule has 0 spiro atoms. The molecule has 71 valence electrons. The maximum atomic E-state index is 12.3. The van der Waals surface area contributed by atoms with E-state index in [0.29, 0.717) is 0 Å². The highest BCUT2D eigenvalue weighted by atomic mass is 79.9. The van der Waals surface area contributed by atoms with Gasteiger partial charge in [-0.1, -0.05) is 13.0 Å². The number of halogens is 2. The minimum absolute atomic E-state index is 0.418. The molecule has 0 aliphatic heterocycles. The summed E-state index contributed by atoms with van der Waals surface area (Å²) in [7, 11) is 1.60. The van der Waals surface area contributed by atoms with Gasteiger partial charge in [-0.25, -0.2) is 0 Å². The smallest absolute Gasteiger partial charge is 0.133 e. The van der Waals surface area contributed by atoms with Crippen molar-refractivity contribution in [1.82, 2.24) is 0 Å². The molecule has 1 nitrogen and oxygen atoms in total. The zero-order valence-electron chi connectivity index (χ0n) is 7.60. The minimum atomic E-state index is -0.418. The Morgan fingerprint density at radius 1 is 1.54 bits per heavy atom. The van der Waals surface area contributed by atoms with Crippen LogP contribution in [0.1, 0.15) is 12.5 Å². The van der Waals surface area contributed by atoms with Crippen LogP contribution >= 0.6 is 15.9 Å². The maximum Gasteiger partial charge on any atom is 0.133 e. The molecule has 13 heavy (non-hydrogen) atoms. The van der Waals surface area contributed by atoms with Crippen LogP contribution in [0.25, 0.3) is 0 Å². The molecule has 0 amide bonds. The normalized spacial score (nSPS) is 10.5. The van der Waals surface area contributed by atoms with Crippen molar-refractivity contribution in [2.24, 2.45) is 0 Å². The quantitative estimate of drug-likeness (QED) is 0.794. The predicted octanol–water partition coefficient (Wildman–Crippen LogP) is 3.37. The van der Waals surface area contributed by atoms with Gasteiger partial charge in [0.1, 0.15) is 5.75 Å². The van der Waals surface area contributed by atoms with E-state index in [-0.39, 0.29) is 0 Å².